The lowest BCUT2D eigenvalue weighted by Crippen LogP contribution is -2.18. The Balaban J connectivity index is 2.47. The van der Waals surface area contributed by atoms with Gasteiger partial charge in [-0.15, -0.1) is 5.10 Å². The largest absolute Gasteiger partial charge is 0.297 e. The van der Waals surface area contributed by atoms with E-state index in [0.29, 0.717) is 22.3 Å². The Kier molecular flexibility index (Phi) is 4.40. The summed E-state index contributed by atoms with van der Waals surface area (Å²) in [4.78, 5) is 14.9. The van der Waals surface area contributed by atoms with Gasteiger partial charge in [-0.1, -0.05) is 42.7 Å². The fraction of sp³-hybridized carbons (Fsp3) is 0.500. The maximum Gasteiger partial charge on any atom is 0.297 e. The molecule has 6 nitrogen and oxygen atoms in total. The van der Waals surface area contributed by atoms with Gasteiger partial charge in [-0.05, 0) is 6.42 Å². The zero-order chi connectivity index (χ0) is 14.9. The summed E-state index contributed by atoms with van der Waals surface area (Å²) in [7, 11) is -3.59. The van der Waals surface area contributed by atoms with E-state index in [1.807, 2.05) is 6.92 Å². The molecule has 0 aliphatic rings. The van der Waals surface area contributed by atoms with Gasteiger partial charge in [-0.2, -0.15) is 13.9 Å². The first-order chi connectivity index (χ1) is 9.36. The molecule has 10 heteroatoms. The number of hydrogen-bond acceptors (Lipinski definition) is 6. The van der Waals surface area contributed by atoms with E-state index in [1.54, 1.807) is 0 Å². The quantitative estimate of drug-likeness (QED) is 0.614. The van der Waals surface area contributed by atoms with Crippen molar-refractivity contribution in [2.75, 3.05) is 5.75 Å². The van der Waals surface area contributed by atoms with Gasteiger partial charge < -0.3 is 0 Å². The minimum atomic E-state index is -3.59. The highest BCUT2D eigenvalue weighted by molar-refractivity contribution is 7.93. The first-order valence-corrected chi connectivity index (χ1v) is 8.69. The molecule has 2 rings (SSSR count). The highest BCUT2D eigenvalue weighted by Gasteiger charge is 2.22. The molecule has 0 bridgehead atoms. The van der Waals surface area contributed by atoms with Gasteiger partial charge in [-0.3, -0.25) is 4.79 Å². The fourth-order valence-electron chi connectivity index (χ4n) is 1.54. The molecule has 2 aromatic heterocycles. The van der Waals surface area contributed by atoms with Crippen molar-refractivity contribution in [3.8, 4) is 0 Å². The van der Waals surface area contributed by atoms with Crippen molar-refractivity contribution in [1.82, 2.24) is 14.6 Å². The van der Waals surface area contributed by atoms with Crippen LogP contribution in [0.4, 0.5) is 4.39 Å². The van der Waals surface area contributed by atoms with E-state index >= 15 is 0 Å². The average Bonchev–Trinajstić information content (AvgIpc) is 2.81. The van der Waals surface area contributed by atoms with Gasteiger partial charge in [0.05, 0.1) is 5.75 Å². The van der Waals surface area contributed by atoms with Gasteiger partial charge in [-0.25, -0.2) is 8.42 Å². The van der Waals surface area contributed by atoms with E-state index in [-0.39, 0.29) is 15.1 Å². The fourth-order valence-corrected chi connectivity index (χ4v) is 4.22. The highest BCUT2D eigenvalue weighted by atomic mass is 35.5. The van der Waals surface area contributed by atoms with Crippen LogP contribution in [0.5, 0.6) is 0 Å². The van der Waals surface area contributed by atoms with Crippen LogP contribution in [-0.2, 0) is 9.84 Å². The summed E-state index contributed by atoms with van der Waals surface area (Å²) in [6.45, 7) is 1.96. The lowest BCUT2D eigenvalue weighted by Gasteiger charge is -1.98. The van der Waals surface area contributed by atoms with E-state index < -0.39 is 26.4 Å². The molecule has 0 N–H and O–H groups in total. The highest BCUT2D eigenvalue weighted by Crippen LogP contribution is 2.20. The van der Waals surface area contributed by atoms with Gasteiger partial charge in [0.1, 0.15) is 0 Å². The standard InChI is InChI=1S/C10H11ClFN3O3S2/c1-2-3-4-5-20(17,18)10-14-15-8(16)6(11)7(12)13-9(15)19-10/h2-5H2,1H3. The van der Waals surface area contributed by atoms with Crippen molar-refractivity contribution in [2.24, 2.45) is 0 Å². The molecule has 0 saturated carbocycles. The van der Waals surface area contributed by atoms with Crippen LogP contribution in [0, 0.1) is 5.95 Å². The molecule has 0 atom stereocenters. The molecule has 0 aliphatic carbocycles. The number of halogens is 2. The molecule has 20 heavy (non-hydrogen) atoms. The van der Waals surface area contributed by atoms with Crippen molar-refractivity contribution < 1.29 is 12.8 Å². The molecule has 0 saturated heterocycles. The molecule has 0 fully saturated rings. The Labute approximate surface area is 123 Å². The van der Waals surface area contributed by atoms with Crippen LogP contribution in [0.15, 0.2) is 9.13 Å². The minimum absolute atomic E-state index is 0.0639. The monoisotopic (exact) mass is 339 g/mol. The molecular weight excluding hydrogens is 329 g/mol. The second kappa shape index (κ2) is 5.74. The number of rotatable bonds is 5. The third kappa shape index (κ3) is 2.84. The lowest BCUT2D eigenvalue weighted by molar-refractivity contribution is 0.577. The van der Waals surface area contributed by atoms with Crippen molar-refractivity contribution in [3.05, 3.63) is 21.3 Å². The Morgan fingerprint density at radius 2 is 2.10 bits per heavy atom. The van der Waals surface area contributed by atoms with Crippen LogP contribution in [-0.4, -0.2) is 28.8 Å². The minimum Gasteiger partial charge on any atom is -0.265 e. The van der Waals surface area contributed by atoms with Crippen LogP contribution >= 0.6 is 22.9 Å². The molecule has 2 aromatic rings. The molecule has 0 unspecified atom stereocenters. The zero-order valence-electron chi connectivity index (χ0n) is 10.5. The second-order valence-corrected chi connectivity index (χ2v) is 7.73. The van der Waals surface area contributed by atoms with Crippen molar-refractivity contribution in [1.29, 1.82) is 0 Å². The first-order valence-electron chi connectivity index (χ1n) is 5.84. The first kappa shape index (κ1) is 15.3. The van der Waals surface area contributed by atoms with Crippen molar-refractivity contribution >= 4 is 37.7 Å². The van der Waals surface area contributed by atoms with Crippen LogP contribution in [0.3, 0.4) is 0 Å². The molecule has 110 valence electrons. The summed E-state index contributed by atoms with van der Waals surface area (Å²) in [6.07, 6.45) is 2.17. The van der Waals surface area contributed by atoms with E-state index in [1.165, 1.54) is 0 Å². The smallest absolute Gasteiger partial charge is 0.265 e. The number of hydrogen-bond donors (Lipinski definition) is 0. The number of unbranched alkanes of at least 4 members (excludes halogenated alkanes) is 2. The van der Waals surface area contributed by atoms with Crippen LogP contribution in [0.25, 0.3) is 4.96 Å². The Morgan fingerprint density at radius 1 is 1.40 bits per heavy atom. The molecular formula is C10H11ClFN3O3S2. The summed E-state index contributed by atoms with van der Waals surface area (Å²) < 4.78 is 37.8. The van der Waals surface area contributed by atoms with E-state index in [2.05, 4.69) is 10.1 Å². The lowest BCUT2D eigenvalue weighted by atomic mass is 10.3. The molecule has 0 spiro atoms. The molecule has 0 aromatic carbocycles. The summed E-state index contributed by atoms with van der Waals surface area (Å²) in [5.74, 6) is -1.19. The summed E-state index contributed by atoms with van der Waals surface area (Å²) in [5.41, 5.74) is -0.916. The number of aromatic nitrogens is 3. The van der Waals surface area contributed by atoms with Gasteiger partial charge in [0, 0.05) is 0 Å². The molecule has 0 aliphatic heterocycles. The van der Waals surface area contributed by atoms with Crippen LogP contribution in [0.1, 0.15) is 26.2 Å². The van der Waals surface area contributed by atoms with Crippen LogP contribution < -0.4 is 5.56 Å². The Hall–Kier alpha value is -1.06. The van der Waals surface area contributed by atoms with Gasteiger partial charge >= 0.3 is 0 Å². The summed E-state index contributed by atoms with van der Waals surface area (Å²) in [5, 5.41) is 2.98. The Morgan fingerprint density at radius 3 is 2.75 bits per heavy atom. The molecule has 2 heterocycles. The average molecular weight is 340 g/mol. The van der Waals surface area contributed by atoms with Crippen molar-refractivity contribution in [2.45, 2.75) is 30.5 Å². The maximum atomic E-state index is 13.2. The van der Waals surface area contributed by atoms with E-state index in [4.69, 9.17) is 11.6 Å². The zero-order valence-corrected chi connectivity index (χ0v) is 12.9. The third-order valence-electron chi connectivity index (χ3n) is 2.58. The van der Waals surface area contributed by atoms with Gasteiger partial charge in [0.2, 0.25) is 25.1 Å². The second-order valence-electron chi connectivity index (χ2n) is 4.11. The number of sulfone groups is 1. The van der Waals surface area contributed by atoms with Crippen LogP contribution in [0.2, 0.25) is 5.02 Å². The third-order valence-corrected chi connectivity index (χ3v) is 6.05. The normalized spacial score (nSPS) is 12.2. The topological polar surface area (TPSA) is 81.4 Å². The molecule has 0 amide bonds. The van der Waals surface area contributed by atoms with Crippen molar-refractivity contribution in [3.63, 3.8) is 0 Å². The van der Waals surface area contributed by atoms with E-state index in [0.717, 1.165) is 12.8 Å². The predicted molar refractivity (Wildman–Crippen MR) is 73.7 cm³/mol. The predicted octanol–water partition coefficient (Wildman–Crippen LogP) is 1.91. The number of nitrogens with zero attached hydrogens (tertiary/aromatic N) is 3. The molecule has 0 radical (unpaired) electrons. The van der Waals surface area contributed by atoms with Gasteiger partial charge in [0.15, 0.2) is 5.02 Å². The maximum absolute atomic E-state index is 13.2. The summed E-state index contributed by atoms with van der Waals surface area (Å²) in [6, 6.07) is 0. The number of fused-ring (bicyclic) bond motifs is 1. The van der Waals surface area contributed by atoms with Gasteiger partial charge in [0.25, 0.3) is 5.56 Å². The van der Waals surface area contributed by atoms with E-state index in [9.17, 15) is 17.6 Å². The summed E-state index contributed by atoms with van der Waals surface area (Å²) >= 11 is 6.08. The Bertz CT molecular complexity index is 800. The SMILES string of the molecule is CCCCCS(=O)(=O)c1nn2c(=O)c(Cl)c(F)nc2s1.